The quantitative estimate of drug-likeness (QED) is 0.387. The maximum atomic E-state index is 10.0. The lowest BCUT2D eigenvalue weighted by Gasteiger charge is -1.96. The third-order valence-corrected chi connectivity index (χ3v) is 1.20. The van der Waals surface area contributed by atoms with Gasteiger partial charge < -0.3 is 20.4 Å². The predicted molar refractivity (Wildman–Crippen MR) is 45.9 cm³/mol. The van der Waals surface area contributed by atoms with Crippen LogP contribution in [0.4, 0.5) is 0 Å². The zero-order chi connectivity index (χ0) is 11.1. The van der Waals surface area contributed by atoms with Crippen LogP contribution in [0.5, 0.6) is 0 Å². The minimum absolute atomic E-state index is 0.448. The van der Waals surface area contributed by atoms with Gasteiger partial charge in [-0.3, -0.25) is 9.59 Å². The monoisotopic (exact) mass is 202 g/mol. The minimum atomic E-state index is -1.16. The zero-order valence-corrected chi connectivity index (χ0v) is 7.17. The van der Waals surface area contributed by atoms with Gasteiger partial charge in [0.15, 0.2) is 11.5 Å². The second kappa shape index (κ2) is 5.63. The van der Waals surface area contributed by atoms with Crippen LogP contribution in [0.25, 0.3) is 0 Å². The molecule has 0 atom stereocenters. The van der Waals surface area contributed by atoms with E-state index in [0.717, 1.165) is 12.2 Å². The van der Waals surface area contributed by atoms with Gasteiger partial charge in [-0.1, -0.05) is 0 Å². The van der Waals surface area contributed by atoms with E-state index in [0.29, 0.717) is 0 Å². The summed E-state index contributed by atoms with van der Waals surface area (Å²) in [5.74, 6) is -3.62. The Kier molecular flexibility index (Phi) is 4.83. The topological polar surface area (TPSA) is 115 Å². The largest absolute Gasteiger partial charge is 0.504 e. The van der Waals surface area contributed by atoms with Crippen LogP contribution in [0, 0.1) is 0 Å². The van der Waals surface area contributed by atoms with Crippen molar-refractivity contribution in [2.45, 2.75) is 12.8 Å². The molecule has 0 heterocycles. The van der Waals surface area contributed by atoms with Gasteiger partial charge in [-0.15, -0.1) is 0 Å². The number of aliphatic carboxylic acids is 2. The number of hydrogen-bond acceptors (Lipinski definition) is 4. The molecular formula is C8H10O6. The summed E-state index contributed by atoms with van der Waals surface area (Å²) < 4.78 is 0. The summed E-state index contributed by atoms with van der Waals surface area (Å²) in [7, 11) is 0. The first kappa shape index (κ1) is 12.0. The SMILES string of the molecule is O=C(O)CC=C(O)C(O)=CCC(=O)O. The molecule has 0 aromatic carbocycles. The molecule has 0 fully saturated rings. The van der Waals surface area contributed by atoms with E-state index in [1.165, 1.54) is 0 Å². The molecule has 6 nitrogen and oxygen atoms in total. The summed E-state index contributed by atoms with van der Waals surface area (Å²) >= 11 is 0. The van der Waals surface area contributed by atoms with Gasteiger partial charge in [0.25, 0.3) is 0 Å². The Morgan fingerprint density at radius 1 is 0.786 bits per heavy atom. The van der Waals surface area contributed by atoms with Gasteiger partial charge in [0, 0.05) is 0 Å². The lowest BCUT2D eigenvalue weighted by Crippen LogP contribution is -1.96. The highest BCUT2D eigenvalue weighted by Gasteiger charge is 2.02. The minimum Gasteiger partial charge on any atom is -0.504 e. The smallest absolute Gasteiger partial charge is 0.307 e. The summed E-state index contributed by atoms with van der Waals surface area (Å²) in [4.78, 5) is 20.1. The molecule has 0 bridgehead atoms. The summed E-state index contributed by atoms with van der Waals surface area (Å²) in [6.07, 6.45) is 0.847. The molecule has 78 valence electrons. The van der Waals surface area contributed by atoms with Crippen LogP contribution in [0.15, 0.2) is 23.7 Å². The van der Waals surface area contributed by atoms with Crippen molar-refractivity contribution in [3.8, 4) is 0 Å². The van der Waals surface area contributed by atoms with E-state index in [4.69, 9.17) is 20.4 Å². The van der Waals surface area contributed by atoms with Crippen LogP contribution in [0.2, 0.25) is 0 Å². The van der Waals surface area contributed by atoms with Gasteiger partial charge >= 0.3 is 11.9 Å². The van der Waals surface area contributed by atoms with Crippen molar-refractivity contribution >= 4 is 11.9 Å². The summed E-state index contributed by atoms with van der Waals surface area (Å²) in [5, 5.41) is 34.4. The lowest BCUT2D eigenvalue weighted by atomic mass is 10.2. The highest BCUT2D eigenvalue weighted by molar-refractivity contribution is 5.69. The second-order valence-electron chi connectivity index (χ2n) is 2.37. The van der Waals surface area contributed by atoms with Crippen molar-refractivity contribution < 1.29 is 30.0 Å². The van der Waals surface area contributed by atoms with Crippen LogP contribution < -0.4 is 0 Å². The van der Waals surface area contributed by atoms with Gasteiger partial charge in [0.2, 0.25) is 0 Å². The lowest BCUT2D eigenvalue weighted by molar-refractivity contribution is -0.137. The standard InChI is InChI=1S/C8H10O6/c9-5(1-3-7(11)12)6(10)2-4-8(13)14/h1-2,9-10H,3-4H2,(H,11,12)(H,13,14). The van der Waals surface area contributed by atoms with Crippen molar-refractivity contribution in [1.29, 1.82) is 0 Å². The van der Waals surface area contributed by atoms with Gasteiger partial charge in [0.1, 0.15) is 0 Å². The first-order valence-electron chi connectivity index (χ1n) is 3.65. The Morgan fingerprint density at radius 2 is 1.07 bits per heavy atom. The van der Waals surface area contributed by atoms with Crippen molar-refractivity contribution in [2.24, 2.45) is 0 Å². The Hall–Kier alpha value is -1.98. The summed E-state index contributed by atoms with van der Waals surface area (Å²) in [5.41, 5.74) is 0. The molecule has 0 amide bonds. The van der Waals surface area contributed by atoms with Gasteiger partial charge in [0.05, 0.1) is 12.8 Å². The van der Waals surface area contributed by atoms with E-state index in [9.17, 15) is 9.59 Å². The summed E-state index contributed by atoms with van der Waals surface area (Å²) in [6.45, 7) is 0. The van der Waals surface area contributed by atoms with Crippen LogP contribution in [0.3, 0.4) is 0 Å². The van der Waals surface area contributed by atoms with E-state index < -0.39 is 36.3 Å². The van der Waals surface area contributed by atoms with Crippen molar-refractivity contribution in [2.75, 3.05) is 0 Å². The van der Waals surface area contributed by atoms with E-state index >= 15 is 0 Å². The molecule has 0 aliphatic rings. The molecule has 0 rings (SSSR count). The molecular weight excluding hydrogens is 192 g/mol. The number of carboxylic acids is 2. The number of hydrogen-bond donors (Lipinski definition) is 4. The number of aliphatic hydroxyl groups is 2. The van der Waals surface area contributed by atoms with Gasteiger partial charge in [-0.25, -0.2) is 0 Å². The summed E-state index contributed by atoms with van der Waals surface area (Å²) in [6, 6.07) is 0. The second-order valence-corrected chi connectivity index (χ2v) is 2.37. The molecule has 14 heavy (non-hydrogen) atoms. The van der Waals surface area contributed by atoms with Crippen LogP contribution in [-0.4, -0.2) is 32.4 Å². The maximum Gasteiger partial charge on any atom is 0.307 e. The molecule has 0 aromatic heterocycles. The molecule has 0 saturated heterocycles. The van der Waals surface area contributed by atoms with Crippen LogP contribution in [-0.2, 0) is 9.59 Å². The van der Waals surface area contributed by atoms with Crippen LogP contribution >= 0.6 is 0 Å². The Morgan fingerprint density at radius 3 is 1.29 bits per heavy atom. The van der Waals surface area contributed by atoms with Gasteiger partial charge in [-0.2, -0.15) is 0 Å². The Labute approximate surface area is 79.4 Å². The van der Waals surface area contributed by atoms with E-state index in [1.807, 2.05) is 0 Å². The Bertz CT molecular complexity index is 258. The average molecular weight is 202 g/mol. The number of carbonyl (C=O) groups is 2. The molecule has 0 aromatic rings. The fourth-order valence-electron chi connectivity index (χ4n) is 0.577. The predicted octanol–water partition coefficient (Wildman–Crippen LogP) is 0.820. The van der Waals surface area contributed by atoms with Gasteiger partial charge in [-0.05, 0) is 12.2 Å². The third kappa shape index (κ3) is 5.64. The number of carboxylic acid groups (broad SMARTS) is 2. The van der Waals surface area contributed by atoms with Crippen molar-refractivity contribution in [3.63, 3.8) is 0 Å². The normalized spacial score (nSPS) is 12.6. The molecule has 6 heteroatoms. The number of rotatable bonds is 5. The molecule has 0 spiro atoms. The molecule has 0 unspecified atom stereocenters. The molecule has 0 aliphatic carbocycles. The molecule has 4 N–H and O–H groups in total. The molecule has 0 radical (unpaired) electrons. The third-order valence-electron chi connectivity index (χ3n) is 1.20. The molecule has 0 saturated carbocycles. The molecule has 0 aliphatic heterocycles. The van der Waals surface area contributed by atoms with E-state index in [1.54, 1.807) is 0 Å². The van der Waals surface area contributed by atoms with E-state index in [2.05, 4.69) is 0 Å². The van der Waals surface area contributed by atoms with E-state index in [-0.39, 0.29) is 0 Å². The average Bonchev–Trinajstić information content (AvgIpc) is 2.09. The fraction of sp³-hybridized carbons (Fsp3) is 0.250. The highest BCUT2D eigenvalue weighted by Crippen LogP contribution is 2.04. The Balaban J connectivity index is 4.29. The first-order chi connectivity index (χ1) is 6.43. The van der Waals surface area contributed by atoms with Crippen molar-refractivity contribution in [3.05, 3.63) is 23.7 Å². The zero-order valence-electron chi connectivity index (χ0n) is 7.17. The van der Waals surface area contributed by atoms with Crippen LogP contribution in [0.1, 0.15) is 12.8 Å². The number of aliphatic hydroxyl groups excluding tert-OH is 2. The fourth-order valence-corrected chi connectivity index (χ4v) is 0.577. The van der Waals surface area contributed by atoms with Crippen molar-refractivity contribution in [1.82, 2.24) is 0 Å². The first-order valence-corrected chi connectivity index (χ1v) is 3.65. The highest BCUT2D eigenvalue weighted by atomic mass is 16.4. The maximum absolute atomic E-state index is 10.0.